The van der Waals surface area contributed by atoms with E-state index in [1.807, 2.05) is 84.9 Å². The van der Waals surface area contributed by atoms with Crippen LogP contribution in [-0.2, 0) is 0 Å². The van der Waals surface area contributed by atoms with E-state index < -0.39 is 24.2 Å². The van der Waals surface area contributed by atoms with Crippen molar-refractivity contribution >= 4 is 53.4 Å². The van der Waals surface area contributed by atoms with E-state index in [0.29, 0.717) is 28.6 Å². The van der Waals surface area contributed by atoms with Gasteiger partial charge < -0.3 is 4.42 Å². The van der Waals surface area contributed by atoms with Crippen LogP contribution in [0.4, 0.5) is 0 Å². The molecule has 0 radical (unpaired) electrons. The fourth-order valence-corrected chi connectivity index (χ4v) is 7.77. The highest BCUT2D eigenvalue weighted by atomic mass is 32.1. The van der Waals surface area contributed by atoms with Crippen LogP contribution in [-0.4, -0.2) is 15.0 Å². The molecule has 3 heterocycles. The molecule has 0 atom stereocenters. The molecule has 234 valence electrons. The normalized spacial score (nSPS) is 13.6. The largest absolute Gasteiger partial charge is 0.455 e. The predicted octanol–water partition coefficient (Wildman–Crippen LogP) is 12.5. The average molecular weight is 665 g/mol. The van der Waals surface area contributed by atoms with Crippen LogP contribution in [0, 0.1) is 0 Å². The summed E-state index contributed by atoms with van der Waals surface area (Å²) in [6.07, 6.45) is 0. The first kappa shape index (κ1) is 22.3. The maximum Gasteiger partial charge on any atom is 0.165 e. The molecule has 0 unspecified atom stereocenters. The highest BCUT2D eigenvalue weighted by molar-refractivity contribution is 7.26. The zero-order valence-corrected chi connectivity index (χ0v) is 27.0. The molecule has 0 saturated heterocycles. The Kier molecular flexibility index (Phi) is 5.17. The molecule has 0 saturated carbocycles. The van der Waals surface area contributed by atoms with E-state index in [1.54, 1.807) is 29.5 Å². The van der Waals surface area contributed by atoms with Crippen molar-refractivity contribution < 1.29 is 14.0 Å². The number of benzene rings is 7. The molecule has 7 aromatic carbocycles. The Hall–Kier alpha value is -6.43. The van der Waals surface area contributed by atoms with E-state index in [9.17, 15) is 0 Å². The van der Waals surface area contributed by atoms with Crippen molar-refractivity contribution in [1.82, 2.24) is 15.0 Å². The van der Waals surface area contributed by atoms with Crippen molar-refractivity contribution in [2.24, 2.45) is 0 Å². The van der Waals surface area contributed by atoms with Gasteiger partial charge in [-0.05, 0) is 40.9 Å². The van der Waals surface area contributed by atoms with Crippen LogP contribution in [0.1, 0.15) is 9.60 Å². The van der Waals surface area contributed by atoms with E-state index in [1.165, 1.54) is 0 Å². The van der Waals surface area contributed by atoms with Gasteiger partial charge in [-0.25, -0.2) is 15.0 Å². The second kappa shape index (κ2) is 11.6. The number of nitrogens with zero attached hydrogens (tertiary/aromatic N) is 3. The number of fused-ring (bicyclic) bond motifs is 6. The van der Waals surface area contributed by atoms with Gasteiger partial charge in [0.25, 0.3) is 0 Å². The summed E-state index contributed by atoms with van der Waals surface area (Å²) < 4.78 is 68.6. The van der Waals surface area contributed by atoms with Gasteiger partial charge in [0.1, 0.15) is 11.2 Å². The van der Waals surface area contributed by atoms with Crippen LogP contribution >= 0.6 is 11.3 Å². The highest BCUT2D eigenvalue weighted by Crippen LogP contribution is 2.41. The predicted molar refractivity (Wildman–Crippen MR) is 207 cm³/mol. The molecule has 0 aliphatic rings. The van der Waals surface area contributed by atoms with Crippen molar-refractivity contribution in [3.63, 3.8) is 0 Å². The fourth-order valence-electron chi connectivity index (χ4n) is 6.56. The average Bonchev–Trinajstić information content (AvgIpc) is 3.84. The molecule has 5 heteroatoms. The Balaban J connectivity index is 1.23. The topological polar surface area (TPSA) is 51.8 Å². The van der Waals surface area contributed by atoms with E-state index in [4.69, 9.17) is 29.0 Å². The van der Waals surface area contributed by atoms with Gasteiger partial charge in [-0.2, -0.15) is 0 Å². The first-order valence-corrected chi connectivity index (χ1v) is 16.9. The summed E-state index contributed by atoms with van der Waals surface area (Å²) in [6.45, 7) is 0. The van der Waals surface area contributed by atoms with Gasteiger partial charge in [0.05, 0.1) is 9.60 Å². The minimum atomic E-state index is -0.472. The molecular weight excluding hydrogens is 631 g/mol. The number of rotatable bonds is 5. The number of para-hydroxylation sites is 2. The van der Waals surface area contributed by atoms with Crippen LogP contribution in [0.3, 0.4) is 0 Å². The molecule has 10 rings (SSSR count). The quantitative estimate of drug-likeness (QED) is 0.184. The zero-order valence-electron chi connectivity index (χ0n) is 33.2. The molecule has 50 heavy (non-hydrogen) atoms. The summed E-state index contributed by atoms with van der Waals surface area (Å²) in [4.78, 5) is 15.3. The number of thiophene rings is 1. The summed E-state index contributed by atoms with van der Waals surface area (Å²) in [5.41, 5.74) is 4.77. The number of hydrogen-bond donors (Lipinski definition) is 0. The molecule has 0 N–H and O–H groups in total. The molecule has 0 aliphatic carbocycles. The van der Waals surface area contributed by atoms with E-state index >= 15 is 0 Å². The van der Waals surface area contributed by atoms with E-state index in [0.717, 1.165) is 42.4 Å². The van der Waals surface area contributed by atoms with Crippen LogP contribution in [0.25, 0.3) is 98.5 Å². The third-order valence-corrected chi connectivity index (χ3v) is 10.1. The minimum absolute atomic E-state index is 0.00569. The first-order chi connectivity index (χ1) is 27.7. The Bertz CT molecular complexity index is 3290. The van der Waals surface area contributed by atoms with Gasteiger partial charge in [0, 0.05) is 53.2 Å². The van der Waals surface area contributed by atoms with Gasteiger partial charge in [0.15, 0.2) is 17.5 Å². The second-order valence-corrected chi connectivity index (χ2v) is 12.9. The summed E-state index contributed by atoms with van der Waals surface area (Å²) >= 11 is 1.68. The molecule has 4 nitrogen and oxygen atoms in total. The Morgan fingerprint density at radius 1 is 0.460 bits per heavy atom. The monoisotopic (exact) mass is 664 g/mol. The van der Waals surface area contributed by atoms with Gasteiger partial charge >= 0.3 is 0 Å². The SMILES string of the molecule is [2H]c1c([2H])c([2H])c2c(oc3c(-c4cccc(-c5nc(-c6ccccc6-c6ccccc6)nc(-c6cccc7c6sc6ccccc67)n5)c4)c([2H])c([2H])c([2H])c32)c1[2H]. The van der Waals surface area contributed by atoms with E-state index in [-0.39, 0.29) is 45.6 Å². The zero-order chi connectivity index (χ0) is 39.1. The summed E-state index contributed by atoms with van der Waals surface area (Å²) in [5.74, 6) is 1.32. The Morgan fingerprint density at radius 3 is 2.04 bits per heavy atom. The molecule has 10 aromatic rings. The van der Waals surface area contributed by atoms with Gasteiger partial charge in [0.2, 0.25) is 0 Å². The molecule has 3 aromatic heterocycles. The number of aromatic nitrogens is 3. The van der Waals surface area contributed by atoms with Crippen LogP contribution in [0.15, 0.2) is 168 Å². The Labute approximate surface area is 301 Å². The minimum Gasteiger partial charge on any atom is -0.455 e. The fraction of sp³-hybridized carbons (Fsp3) is 0. The molecule has 0 spiro atoms. The summed E-state index contributed by atoms with van der Waals surface area (Å²) in [6, 6.07) is 37.0. The first-order valence-electron chi connectivity index (χ1n) is 19.5. The highest BCUT2D eigenvalue weighted by Gasteiger charge is 2.19. The van der Waals surface area contributed by atoms with Crippen LogP contribution < -0.4 is 0 Å². The molecule has 0 aliphatic heterocycles. The number of furan rings is 1. The van der Waals surface area contributed by atoms with Crippen LogP contribution in [0.5, 0.6) is 0 Å². The molecular formula is C45H27N3OS. The van der Waals surface area contributed by atoms with Gasteiger partial charge in [-0.15, -0.1) is 11.3 Å². The van der Waals surface area contributed by atoms with Crippen LogP contribution in [0.2, 0.25) is 0 Å². The van der Waals surface area contributed by atoms with Gasteiger partial charge in [-0.1, -0.05) is 139 Å². The summed E-state index contributed by atoms with van der Waals surface area (Å²) in [5, 5.41) is 2.31. The van der Waals surface area contributed by atoms with Crippen molar-refractivity contribution in [3.8, 4) is 56.4 Å². The number of hydrogen-bond acceptors (Lipinski definition) is 5. The lowest BCUT2D eigenvalue weighted by Gasteiger charge is -2.13. The third-order valence-electron chi connectivity index (χ3n) is 8.88. The van der Waals surface area contributed by atoms with Crippen molar-refractivity contribution in [1.29, 1.82) is 0 Å². The van der Waals surface area contributed by atoms with Crippen molar-refractivity contribution in [3.05, 3.63) is 164 Å². The maximum absolute atomic E-state index is 9.04. The standard InChI is InChI=1S/C45H27N3OS/c1-2-13-28(14-3-1)31-17-4-5-20-37(31)44-46-43(47-45(48-44)38-24-12-23-36-34-19-7-9-26-40(34)50-42(36)38)30-16-10-15-29(27-30)32-21-11-22-35-33-18-6-8-25-39(33)49-41(32)35/h1-27H/i6D,8D,11D,18D,21D,22D,25D. The third kappa shape index (κ3) is 4.71. The maximum atomic E-state index is 9.04. The smallest absolute Gasteiger partial charge is 0.165 e. The molecule has 0 bridgehead atoms. The molecule has 0 fully saturated rings. The lowest BCUT2D eigenvalue weighted by molar-refractivity contribution is 0.670. The lowest BCUT2D eigenvalue weighted by atomic mass is 9.98. The van der Waals surface area contributed by atoms with Crippen molar-refractivity contribution in [2.45, 2.75) is 0 Å². The van der Waals surface area contributed by atoms with Gasteiger partial charge in [-0.3, -0.25) is 0 Å². The Morgan fingerprint density at radius 2 is 1.12 bits per heavy atom. The van der Waals surface area contributed by atoms with Crippen molar-refractivity contribution in [2.75, 3.05) is 0 Å². The lowest BCUT2D eigenvalue weighted by Crippen LogP contribution is -2.01. The van der Waals surface area contributed by atoms with E-state index in [2.05, 4.69) is 18.2 Å². The molecule has 0 amide bonds. The second-order valence-electron chi connectivity index (χ2n) is 11.8. The summed E-state index contributed by atoms with van der Waals surface area (Å²) in [7, 11) is 0.